The molecule has 0 saturated heterocycles. The number of benzene rings is 1. The van der Waals surface area contributed by atoms with Gasteiger partial charge >= 0.3 is 5.97 Å². The highest BCUT2D eigenvalue weighted by Crippen LogP contribution is 2.38. The summed E-state index contributed by atoms with van der Waals surface area (Å²) >= 11 is 0. The zero-order chi connectivity index (χ0) is 14.5. The molecule has 1 aromatic carbocycles. The third-order valence-corrected chi connectivity index (χ3v) is 3.20. The molecular formula is C14H16N2O4. The van der Waals surface area contributed by atoms with Crippen molar-refractivity contribution >= 4 is 17.8 Å². The lowest BCUT2D eigenvalue weighted by Gasteiger charge is -2.06. The molecule has 6 nitrogen and oxygen atoms in total. The van der Waals surface area contributed by atoms with Crippen molar-refractivity contribution in [3.05, 3.63) is 35.9 Å². The van der Waals surface area contributed by atoms with Crippen LogP contribution >= 0.6 is 0 Å². The molecule has 1 aliphatic carbocycles. The second kappa shape index (κ2) is 6.18. The number of hydrogen-bond donors (Lipinski definition) is 3. The van der Waals surface area contributed by atoms with Crippen LogP contribution in [0.15, 0.2) is 30.3 Å². The van der Waals surface area contributed by atoms with Gasteiger partial charge in [0.05, 0.1) is 18.4 Å². The summed E-state index contributed by atoms with van der Waals surface area (Å²) in [6, 6.07) is 9.42. The van der Waals surface area contributed by atoms with Gasteiger partial charge in [0.2, 0.25) is 11.8 Å². The smallest absolute Gasteiger partial charge is 0.307 e. The van der Waals surface area contributed by atoms with Crippen molar-refractivity contribution in [2.45, 2.75) is 13.0 Å². The van der Waals surface area contributed by atoms with Gasteiger partial charge in [0, 0.05) is 6.54 Å². The number of carbonyl (C=O) groups is 3. The first-order valence-corrected chi connectivity index (χ1v) is 6.39. The van der Waals surface area contributed by atoms with Crippen LogP contribution < -0.4 is 10.6 Å². The van der Waals surface area contributed by atoms with Crippen molar-refractivity contribution < 1.29 is 19.5 Å². The second-order valence-corrected chi connectivity index (χ2v) is 4.77. The Bertz CT molecular complexity index is 515. The quantitative estimate of drug-likeness (QED) is 0.688. The summed E-state index contributed by atoms with van der Waals surface area (Å²) in [5.74, 6) is -2.71. The number of amides is 2. The standard InChI is InChI=1S/C14H16N2O4/c17-12(15-7-9-4-2-1-3-5-9)8-16-13(18)10-6-11(10)14(19)20/h1-5,10-11H,6-8H2,(H,15,17)(H,16,18)(H,19,20). The van der Waals surface area contributed by atoms with E-state index in [2.05, 4.69) is 10.6 Å². The fourth-order valence-corrected chi connectivity index (χ4v) is 1.92. The molecule has 1 fully saturated rings. The van der Waals surface area contributed by atoms with Gasteiger partial charge in [0.1, 0.15) is 0 Å². The number of nitrogens with one attached hydrogen (secondary N) is 2. The summed E-state index contributed by atoms with van der Waals surface area (Å²) < 4.78 is 0. The average molecular weight is 276 g/mol. The van der Waals surface area contributed by atoms with Crippen LogP contribution in [0, 0.1) is 11.8 Å². The number of aliphatic carboxylic acids is 1. The molecule has 1 aliphatic rings. The number of hydrogen-bond acceptors (Lipinski definition) is 3. The van der Waals surface area contributed by atoms with Gasteiger partial charge in [-0.2, -0.15) is 0 Å². The number of carbonyl (C=O) groups excluding carboxylic acids is 2. The fourth-order valence-electron chi connectivity index (χ4n) is 1.92. The van der Waals surface area contributed by atoms with Crippen molar-refractivity contribution in [2.24, 2.45) is 11.8 Å². The van der Waals surface area contributed by atoms with Gasteiger partial charge in [-0.1, -0.05) is 30.3 Å². The minimum absolute atomic E-state index is 0.130. The van der Waals surface area contributed by atoms with Crippen LogP contribution in [0.2, 0.25) is 0 Å². The molecule has 3 N–H and O–H groups in total. The Labute approximate surface area is 116 Å². The van der Waals surface area contributed by atoms with Crippen LogP contribution in [0.4, 0.5) is 0 Å². The van der Waals surface area contributed by atoms with Crippen molar-refractivity contribution in [3.63, 3.8) is 0 Å². The lowest BCUT2D eigenvalue weighted by atomic mass is 10.2. The number of carboxylic acids is 1. The molecule has 0 spiro atoms. The van der Waals surface area contributed by atoms with E-state index in [-0.39, 0.29) is 18.4 Å². The SMILES string of the molecule is O=C(CNC(=O)C1CC1C(=O)O)NCc1ccccc1. The van der Waals surface area contributed by atoms with E-state index in [1.165, 1.54) is 0 Å². The summed E-state index contributed by atoms with van der Waals surface area (Å²) in [5, 5.41) is 13.8. The Balaban J connectivity index is 1.66. The molecule has 0 bridgehead atoms. The van der Waals surface area contributed by atoms with E-state index in [0.29, 0.717) is 13.0 Å². The van der Waals surface area contributed by atoms with Crippen LogP contribution in [0.3, 0.4) is 0 Å². The Morgan fingerprint density at radius 1 is 1.10 bits per heavy atom. The van der Waals surface area contributed by atoms with Gasteiger partial charge in [-0.3, -0.25) is 14.4 Å². The van der Waals surface area contributed by atoms with E-state index < -0.39 is 17.8 Å². The zero-order valence-electron chi connectivity index (χ0n) is 10.8. The van der Waals surface area contributed by atoms with Gasteiger partial charge in [-0.05, 0) is 12.0 Å². The van der Waals surface area contributed by atoms with Crippen molar-refractivity contribution in [1.29, 1.82) is 0 Å². The highest BCUT2D eigenvalue weighted by atomic mass is 16.4. The molecule has 2 rings (SSSR count). The largest absolute Gasteiger partial charge is 0.481 e. The van der Waals surface area contributed by atoms with Crippen LogP contribution in [-0.2, 0) is 20.9 Å². The maximum atomic E-state index is 11.5. The van der Waals surface area contributed by atoms with Crippen molar-refractivity contribution in [3.8, 4) is 0 Å². The van der Waals surface area contributed by atoms with E-state index in [0.717, 1.165) is 5.56 Å². The topological polar surface area (TPSA) is 95.5 Å². The van der Waals surface area contributed by atoms with Gasteiger partial charge in [0.15, 0.2) is 0 Å². The Morgan fingerprint density at radius 3 is 2.40 bits per heavy atom. The van der Waals surface area contributed by atoms with Gasteiger partial charge < -0.3 is 15.7 Å². The first-order chi connectivity index (χ1) is 9.58. The summed E-state index contributed by atoms with van der Waals surface area (Å²) in [7, 11) is 0. The monoisotopic (exact) mass is 276 g/mol. The van der Waals surface area contributed by atoms with E-state index in [9.17, 15) is 14.4 Å². The molecule has 106 valence electrons. The first-order valence-electron chi connectivity index (χ1n) is 6.39. The highest BCUT2D eigenvalue weighted by molar-refractivity contribution is 5.91. The average Bonchev–Trinajstić information content (AvgIpc) is 3.24. The van der Waals surface area contributed by atoms with Gasteiger partial charge in [0.25, 0.3) is 0 Å². The molecule has 2 atom stereocenters. The lowest BCUT2D eigenvalue weighted by Crippen LogP contribution is -2.37. The predicted molar refractivity (Wildman–Crippen MR) is 70.5 cm³/mol. The Kier molecular flexibility index (Phi) is 4.34. The molecule has 0 heterocycles. The van der Waals surface area contributed by atoms with Crippen LogP contribution in [0.25, 0.3) is 0 Å². The molecule has 1 aromatic rings. The Hall–Kier alpha value is -2.37. The molecule has 0 radical (unpaired) electrons. The third kappa shape index (κ3) is 3.81. The molecule has 0 aliphatic heterocycles. The van der Waals surface area contributed by atoms with E-state index in [4.69, 9.17) is 5.11 Å². The highest BCUT2D eigenvalue weighted by Gasteiger charge is 2.48. The molecule has 20 heavy (non-hydrogen) atoms. The van der Waals surface area contributed by atoms with Crippen LogP contribution in [0.1, 0.15) is 12.0 Å². The molecule has 6 heteroatoms. The summed E-state index contributed by atoms with van der Waals surface area (Å²) in [6.07, 6.45) is 0.354. The molecule has 0 aromatic heterocycles. The van der Waals surface area contributed by atoms with Crippen LogP contribution in [-0.4, -0.2) is 29.4 Å². The summed E-state index contributed by atoms with van der Waals surface area (Å²) in [5.41, 5.74) is 0.973. The van der Waals surface area contributed by atoms with E-state index in [1.807, 2.05) is 30.3 Å². The van der Waals surface area contributed by atoms with Crippen molar-refractivity contribution in [1.82, 2.24) is 10.6 Å². The molecular weight excluding hydrogens is 260 g/mol. The lowest BCUT2D eigenvalue weighted by molar-refractivity contribution is -0.140. The van der Waals surface area contributed by atoms with Crippen LogP contribution in [0.5, 0.6) is 0 Å². The molecule has 2 unspecified atom stereocenters. The summed E-state index contributed by atoms with van der Waals surface area (Å²) in [4.78, 5) is 33.7. The van der Waals surface area contributed by atoms with E-state index in [1.54, 1.807) is 0 Å². The van der Waals surface area contributed by atoms with Crippen molar-refractivity contribution in [2.75, 3.05) is 6.54 Å². The summed E-state index contributed by atoms with van der Waals surface area (Å²) in [6.45, 7) is 0.269. The molecule has 2 amide bonds. The normalized spacial score (nSPS) is 20.0. The fraction of sp³-hybridized carbons (Fsp3) is 0.357. The van der Waals surface area contributed by atoms with Gasteiger partial charge in [-0.25, -0.2) is 0 Å². The van der Waals surface area contributed by atoms with E-state index >= 15 is 0 Å². The maximum Gasteiger partial charge on any atom is 0.307 e. The molecule has 1 saturated carbocycles. The Morgan fingerprint density at radius 2 is 1.80 bits per heavy atom. The van der Waals surface area contributed by atoms with Gasteiger partial charge in [-0.15, -0.1) is 0 Å². The maximum absolute atomic E-state index is 11.5. The first kappa shape index (κ1) is 14.0. The number of rotatable bonds is 6. The predicted octanol–water partition coefficient (Wildman–Crippen LogP) is 0.140. The minimum atomic E-state index is -0.960. The minimum Gasteiger partial charge on any atom is -0.481 e. The zero-order valence-corrected chi connectivity index (χ0v) is 10.8. The second-order valence-electron chi connectivity index (χ2n) is 4.77. The number of carboxylic acid groups (broad SMARTS) is 1. The third-order valence-electron chi connectivity index (χ3n) is 3.20.